The number of nitrogens with one attached hydrogen (secondary N) is 1. The van der Waals surface area contributed by atoms with E-state index >= 15 is 0 Å². The summed E-state index contributed by atoms with van der Waals surface area (Å²) >= 11 is 6.24. The number of carbonyl (C=O) groups is 1. The normalized spacial score (nSPS) is 10.1. The van der Waals surface area contributed by atoms with Gasteiger partial charge in [0.1, 0.15) is 0 Å². The molecule has 3 N–H and O–H groups in total. The first kappa shape index (κ1) is 13.1. The monoisotopic (exact) mass is 256 g/mol. The van der Waals surface area contributed by atoms with Crippen LogP contribution in [0.25, 0.3) is 0 Å². The number of unbranched alkanes of at least 4 members (excludes halogenated alkanes) is 1. The second-order valence-electron chi connectivity index (χ2n) is 3.61. The first-order valence-corrected chi connectivity index (χ1v) is 6.50. The summed E-state index contributed by atoms with van der Waals surface area (Å²) in [5.74, 6) is 0.0165. The Hall–Kier alpha value is -0.940. The number of amides is 1. The summed E-state index contributed by atoms with van der Waals surface area (Å²) < 4.78 is 0. The predicted octanol–water partition coefficient (Wildman–Crippen LogP) is 2.24. The van der Waals surface area contributed by atoms with Crippen molar-refractivity contribution in [2.75, 3.05) is 6.54 Å². The highest BCUT2D eigenvalue weighted by Crippen LogP contribution is 2.14. The lowest BCUT2D eigenvalue weighted by atomic mass is 10.2. The predicted molar refractivity (Wildman–Crippen MR) is 72.0 cm³/mol. The third kappa shape index (κ3) is 4.28. The topological polar surface area (TPSA) is 55.1 Å². The minimum Gasteiger partial charge on any atom is -0.393 e. The summed E-state index contributed by atoms with van der Waals surface area (Å²) in [5, 5.41) is 4.81. The Morgan fingerprint density at radius 2 is 2.31 bits per heavy atom. The number of thiophene rings is 1. The zero-order chi connectivity index (χ0) is 12.0. The largest absolute Gasteiger partial charge is 0.393 e. The van der Waals surface area contributed by atoms with Gasteiger partial charge in [-0.2, -0.15) is 0 Å². The first-order chi connectivity index (χ1) is 7.61. The molecule has 0 bridgehead atoms. The molecule has 0 unspecified atom stereocenters. The molecule has 0 fully saturated rings. The molecule has 1 aromatic heterocycles. The van der Waals surface area contributed by atoms with E-state index in [9.17, 15) is 4.79 Å². The van der Waals surface area contributed by atoms with Crippen molar-refractivity contribution in [1.29, 1.82) is 0 Å². The molecule has 16 heavy (non-hydrogen) atoms. The van der Waals surface area contributed by atoms with Gasteiger partial charge in [0, 0.05) is 6.54 Å². The van der Waals surface area contributed by atoms with E-state index in [0.717, 1.165) is 29.7 Å². The lowest BCUT2D eigenvalue weighted by Gasteiger charge is -2.04. The van der Waals surface area contributed by atoms with E-state index in [2.05, 4.69) is 5.32 Å². The van der Waals surface area contributed by atoms with Crippen LogP contribution in [0.5, 0.6) is 0 Å². The van der Waals surface area contributed by atoms with Crippen LogP contribution in [0.1, 0.15) is 34.5 Å². The van der Waals surface area contributed by atoms with E-state index in [4.69, 9.17) is 18.0 Å². The summed E-state index contributed by atoms with van der Waals surface area (Å²) in [6, 6.07) is 1.95. The van der Waals surface area contributed by atoms with Crippen molar-refractivity contribution < 1.29 is 4.79 Å². The Morgan fingerprint density at radius 1 is 1.56 bits per heavy atom. The lowest BCUT2D eigenvalue weighted by molar-refractivity contribution is 0.0956. The van der Waals surface area contributed by atoms with Crippen molar-refractivity contribution in [1.82, 2.24) is 5.32 Å². The van der Waals surface area contributed by atoms with E-state index in [0.29, 0.717) is 11.5 Å². The van der Waals surface area contributed by atoms with Gasteiger partial charge >= 0.3 is 0 Å². The van der Waals surface area contributed by atoms with Gasteiger partial charge in [-0.05, 0) is 43.2 Å². The molecule has 0 saturated heterocycles. The number of nitrogens with two attached hydrogens (primary N) is 1. The van der Waals surface area contributed by atoms with Gasteiger partial charge < -0.3 is 11.1 Å². The Bertz CT molecular complexity index is 374. The summed E-state index contributed by atoms with van der Waals surface area (Å²) in [7, 11) is 0. The zero-order valence-electron chi connectivity index (χ0n) is 9.29. The minimum absolute atomic E-state index is 0.0165. The fourth-order valence-electron chi connectivity index (χ4n) is 1.31. The second-order valence-corrected chi connectivity index (χ2v) is 5.05. The molecule has 0 aromatic carbocycles. The maximum atomic E-state index is 11.7. The van der Waals surface area contributed by atoms with Gasteiger partial charge in [-0.15, -0.1) is 11.3 Å². The standard InChI is InChI=1S/C11H16N2OS2/c1-8-5-7-16-10(8)11(14)13-6-3-2-4-9(12)15/h5,7H,2-4,6H2,1H3,(H2,12,15)(H,13,14). The van der Waals surface area contributed by atoms with Crippen LogP contribution in [0.4, 0.5) is 0 Å². The molecule has 0 radical (unpaired) electrons. The smallest absolute Gasteiger partial charge is 0.261 e. The summed E-state index contributed by atoms with van der Waals surface area (Å²) in [4.78, 5) is 13.0. The summed E-state index contributed by atoms with van der Waals surface area (Å²) in [6.07, 6.45) is 2.59. The van der Waals surface area contributed by atoms with E-state index in [-0.39, 0.29) is 5.91 Å². The van der Waals surface area contributed by atoms with Crippen LogP contribution in [-0.2, 0) is 0 Å². The highest BCUT2D eigenvalue weighted by molar-refractivity contribution is 7.80. The third-order valence-electron chi connectivity index (χ3n) is 2.20. The zero-order valence-corrected chi connectivity index (χ0v) is 10.9. The molecular weight excluding hydrogens is 240 g/mol. The van der Waals surface area contributed by atoms with Crippen molar-refractivity contribution in [3.05, 3.63) is 21.9 Å². The molecule has 1 amide bonds. The highest BCUT2D eigenvalue weighted by atomic mass is 32.1. The van der Waals surface area contributed by atoms with Crippen LogP contribution in [0.15, 0.2) is 11.4 Å². The molecule has 1 heterocycles. The molecule has 0 aliphatic carbocycles. The number of carbonyl (C=O) groups excluding carboxylic acids is 1. The van der Waals surface area contributed by atoms with Crippen LogP contribution in [0.2, 0.25) is 0 Å². The lowest BCUT2D eigenvalue weighted by Crippen LogP contribution is -2.24. The Balaban J connectivity index is 2.21. The molecular formula is C11H16N2OS2. The van der Waals surface area contributed by atoms with Crippen LogP contribution in [0, 0.1) is 6.92 Å². The molecule has 1 aromatic rings. The molecule has 0 spiro atoms. The minimum atomic E-state index is 0.0165. The van der Waals surface area contributed by atoms with Crippen molar-refractivity contribution in [2.24, 2.45) is 5.73 Å². The van der Waals surface area contributed by atoms with Gasteiger partial charge in [0.2, 0.25) is 0 Å². The quantitative estimate of drug-likeness (QED) is 0.606. The molecule has 0 aliphatic heterocycles. The first-order valence-electron chi connectivity index (χ1n) is 5.22. The Kier molecular flexibility index (Phi) is 5.42. The molecule has 0 saturated carbocycles. The maximum Gasteiger partial charge on any atom is 0.261 e. The van der Waals surface area contributed by atoms with Gasteiger partial charge in [0.25, 0.3) is 5.91 Å². The number of aryl methyl sites for hydroxylation is 1. The molecule has 88 valence electrons. The van der Waals surface area contributed by atoms with E-state index in [1.54, 1.807) is 0 Å². The maximum absolute atomic E-state index is 11.7. The molecule has 0 atom stereocenters. The van der Waals surface area contributed by atoms with E-state index < -0.39 is 0 Å². The average Bonchev–Trinajstić information content (AvgIpc) is 2.63. The summed E-state index contributed by atoms with van der Waals surface area (Å²) in [5.41, 5.74) is 6.41. The van der Waals surface area contributed by atoms with E-state index in [1.165, 1.54) is 11.3 Å². The number of hydrogen-bond donors (Lipinski definition) is 2. The number of thiocarbonyl (C=S) groups is 1. The molecule has 0 aliphatic rings. The highest BCUT2D eigenvalue weighted by Gasteiger charge is 2.08. The fourth-order valence-corrected chi connectivity index (χ4v) is 2.30. The average molecular weight is 256 g/mol. The van der Waals surface area contributed by atoms with Crippen LogP contribution in [-0.4, -0.2) is 17.4 Å². The van der Waals surface area contributed by atoms with Gasteiger partial charge in [-0.25, -0.2) is 0 Å². The van der Waals surface area contributed by atoms with Gasteiger partial charge in [0.15, 0.2) is 0 Å². The molecule has 5 heteroatoms. The molecule has 1 rings (SSSR count). The van der Waals surface area contributed by atoms with Crippen LogP contribution < -0.4 is 11.1 Å². The van der Waals surface area contributed by atoms with Gasteiger partial charge in [0.05, 0.1) is 9.87 Å². The molecule has 3 nitrogen and oxygen atoms in total. The number of rotatable bonds is 6. The van der Waals surface area contributed by atoms with Crippen LogP contribution in [0.3, 0.4) is 0 Å². The second kappa shape index (κ2) is 6.60. The SMILES string of the molecule is Cc1ccsc1C(=O)NCCCCC(N)=S. The van der Waals surface area contributed by atoms with Crippen molar-refractivity contribution >= 4 is 34.5 Å². The Morgan fingerprint density at radius 3 is 2.88 bits per heavy atom. The van der Waals surface area contributed by atoms with Crippen molar-refractivity contribution in [2.45, 2.75) is 26.2 Å². The van der Waals surface area contributed by atoms with Crippen molar-refractivity contribution in [3.8, 4) is 0 Å². The van der Waals surface area contributed by atoms with Gasteiger partial charge in [-0.1, -0.05) is 12.2 Å². The Labute approximate surface area is 105 Å². The van der Waals surface area contributed by atoms with E-state index in [1.807, 2.05) is 18.4 Å². The van der Waals surface area contributed by atoms with Gasteiger partial charge in [-0.3, -0.25) is 4.79 Å². The third-order valence-corrected chi connectivity index (χ3v) is 3.42. The van der Waals surface area contributed by atoms with Crippen molar-refractivity contribution in [3.63, 3.8) is 0 Å². The number of hydrogen-bond acceptors (Lipinski definition) is 3. The summed E-state index contributed by atoms with van der Waals surface area (Å²) in [6.45, 7) is 2.62. The fraction of sp³-hybridized carbons (Fsp3) is 0.455. The van der Waals surface area contributed by atoms with Crippen LogP contribution >= 0.6 is 23.6 Å².